The molecule has 1 heterocycles. The van der Waals surface area contributed by atoms with Crippen molar-refractivity contribution in [2.24, 2.45) is 0 Å². The van der Waals surface area contributed by atoms with Gasteiger partial charge >= 0.3 is 6.09 Å². The van der Waals surface area contributed by atoms with Crippen molar-refractivity contribution in [3.05, 3.63) is 35.9 Å². The normalized spacial score (nSPS) is 16.8. The third-order valence-corrected chi connectivity index (χ3v) is 4.83. The molecule has 0 spiro atoms. The lowest BCUT2D eigenvalue weighted by atomic mass is 9.98. The molecule has 0 aromatic heterocycles. The number of ether oxygens (including phenoxy) is 1. The molecule has 0 aliphatic carbocycles. The van der Waals surface area contributed by atoms with Gasteiger partial charge in [0.1, 0.15) is 6.61 Å². The lowest BCUT2D eigenvalue weighted by Gasteiger charge is -2.40. The number of hydrogen-bond acceptors (Lipinski definition) is 2. The second-order valence-corrected chi connectivity index (χ2v) is 7.67. The topological polar surface area (TPSA) is 38.3 Å². The van der Waals surface area contributed by atoms with Crippen LogP contribution in [0.2, 0.25) is 0 Å². The van der Waals surface area contributed by atoms with Crippen LogP contribution in [0.25, 0.3) is 0 Å². The molecule has 4 nitrogen and oxygen atoms in total. The highest BCUT2D eigenvalue weighted by Gasteiger charge is 2.29. The number of piperidine rings is 1. The summed E-state index contributed by atoms with van der Waals surface area (Å²) in [5, 5.41) is 3.01. The Morgan fingerprint density at radius 3 is 2.42 bits per heavy atom. The van der Waals surface area contributed by atoms with Crippen LogP contribution in [0.15, 0.2) is 30.3 Å². The molecule has 2 rings (SSSR count). The van der Waals surface area contributed by atoms with Gasteiger partial charge in [0, 0.05) is 12.0 Å². The molecule has 136 valence electrons. The van der Waals surface area contributed by atoms with Crippen LogP contribution >= 0.6 is 0 Å². The zero-order chi connectivity index (χ0) is 16.8. The lowest BCUT2D eigenvalue weighted by Crippen LogP contribution is -3.00. The lowest BCUT2D eigenvalue weighted by molar-refractivity contribution is -0.914. The minimum Gasteiger partial charge on any atom is -1.00 e. The van der Waals surface area contributed by atoms with E-state index in [-0.39, 0.29) is 35.6 Å². The van der Waals surface area contributed by atoms with Crippen LogP contribution in [0.3, 0.4) is 0 Å². The number of nitrogens with one attached hydrogen (secondary N) is 1. The zero-order valence-corrected chi connectivity index (χ0v) is 17.3. The molecule has 1 saturated heterocycles. The van der Waals surface area contributed by atoms with Gasteiger partial charge in [-0.1, -0.05) is 30.3 Å². The van der Waals surface area contributed by atoms with Crippen LogP contribution in [-0.4, -0.2) is 42.8 Å². The quantitative estimate of drug-likeness (QED) is 0.517. The van der Waals surface area contributed by atoms with E-state index in [2.05, 4.69) is 26.2 Å². The second-order valence-electron chi connectivity index (χ2n) is 7.67. The monoisotopic (exact) mass is 446 g/mol. The Bertz CT molecular complexity index is 499. The van der Waals surface area contributed by atoms with Crippen molar-refractivity contribution < 1.29 is 38.0 Å². The fourth-order valence-electron chi connectivity index (χ4n) is 3.15. The summed E-state index contributed by atoms with van der Waals surface area (Å²) in [6.45, 7) is 8.09. The highest BCUT2D eigenvalue weighted by molar-refractivity contribution is 5.68. The fraction of sp³-hybridized carbons (Fsp3) is 0.632. The molecular formula is C19H31IN2O2. The average Bonchev–Trinajstić information content (AvgIpc) is 2.53. The number of benzene rings is 1. The smallest absolute Gasteiger partial charge is 0.407 e. The molecule has 0 bridgehead atoms. The van der Waals surface area contributed by atoms with Gasteiger partial charge in [0.25, 0.3) is 0 Å². The van der Waals surface area contributed by atoms with E-state index in [0.717, 1.165) is 23.0 Å². The molecule has 1 aliphatic rings. The molecular weight excluding hydrogens is 415 g/mol. The number of carbonyl (C=O) groups is 1. The van der Waals surface area contributed by atoms with Crippen LogP contribution < -0.4 is 29.3 Å². The number of hydrogen-bond donors (Lipinski definition) is 1. The van der Waals surface area contributed by atoms with E-state index in [1.807, 2.05) is 30.3 Å². The number of quaternary nitrogens is 1. The number of alkyl carbamates (subject to hydrolysis) is 1. The first-order valence-corrected chi connectivity index (χ1v) is 8.71. The Morgan fingerprint density at radius 2 is 1.79 bits per heavy atom. The van der Waals surface area contributed by atoms with Crippen molar-refractivity contribution in [1.29, 1.82) is 0 Å². The van der Waals surface area contributed by atoms with Crippen LogP contribution in [0.1, 0.15) is 45.1 Å². The Hall–Kier alpha value is -0.820. The van der Waals surface area contributed by atoms with E-state index in [1.54, 1.807) is 0 Å². The third kappa shape index (κ3) is 7.38. The summed E-state index contributed by atoms with van der Waals surface area (Å²) in [5.74, 6) is 0. The first-order chi connectivity index (χ1) is 10.9. The van der Waals surface area contributed by atoms with Gasteiger partial charge in [-0.3, -0.25) is 0 Å². The maximum absolute atomic E-state index is 12.0. The standard InChI is InChI=1S/C19H30N2O2.HI/c1-19(2,12-15-21(3)13-8-5-9-14-21)20-18(22)23-16-17-10-6-4-7-11-17;/h4,6-7,10-11H,5,8-9,12-16H2,1-3H3;1H. The summed E-state index contributed by atoms with van der Waals surface area (Å²) in [4.78, 5) is 12.0. The molecule has 0 atom stereocenters. The zero-order valence-electron chi connectivity index (χ0n) is 15.2. The largest absolute Gasteiger partial charge is 1.00 e. The van der Waals surface area contributed by atoms with Gasteiger partial charge < -0.3 is 38.5 Å². The second kappa shape index (κ2) is 9.61. The number of rotatable bonds is 6. The average molecular weight is 446 g/mol. The van der Waals surface area contributed by atoms with Crippen LogP contribution in [0.5, 0.6) is 0 Å². The van der Waals surface area contributed by atoms with Gasteiger partial charge in [-0.15, -0.1) is 0 Å². The highest BCUT2D eigenvalue weighted by Crippen LogP contribution is 2.20. The van der Waals surface area contributed by atoms with E-state index in [0.29, 0.717) is 6.61 Å². The van der Waals surface area contributed by atoms with Crippen LogP contribution in [0.4, 0.5) is 4.79 Å². The summed E-state index contributed by atoms with van der Waals surface area (Å²) >= 11 is 0. The van der Waals surface area contributed by atoms with Gasteiger partial charge in [0.05, 0.1) is 26.7 Å². The number of amides is 1. The Kier molecular flexibility index (Phi) is 8.50. The van der Waals surface area contributed by atoms with Crippen molar-refractivity contribution in [3.8, 4) is 0 Å². The minimum atomic E-state index is -0.333. The fourth-order valence-corrected chi connectivity index (χ4v) is 3.15. The Labute approximate surface area is 163 Å². The predicted octanol–water partition coefficient (Wildman–Crippen LogP) is 0.716. The maximum Gasteiger partial charge on any atom is 0.407 e. The molecule has 1 aromatic rings. The molecule has 5 heteroatoms. The van der Waals surface area contributed by atoms with Gasteiger partial charge in [-0.25, -0.2) is 4.79 Å². The van der Waals surface area contributed by atoms with E-state index in [9.17, 15) is 4.79 Å². The van der Waals surface area contributed by atoms with E-state index >= 15 is 0 Å². The molecule has 1 aliphatic heterocycles. The van der Waals surface area contributed by atoms with Crippen molar-refractivity contribution in [1.82, 2.24) is 5.32 Å². The third-order valence-electron chi connectivity index (χ3n) is 4.83. The van der Waals surface area contributed by atoms with Gasteiger partial charge in [0.2, 0.25) is 0 Å². The highest BCUT2D eigenvalue weighted by atomic mass is 127. The van der Waals surface area contributed by atoms with E-state index < -0.39 is 0 Å². The minimum absolute atomic E-state index is 0. The summed E-state index contributed by atoms with van der Waals surface area (Å²) in [6, 6.07) is 9.77. The summed E-state index contributed by atoms with van der Waals surface area (Å²) in [5.41, 5.74) is 0.763. The summed E-state index contributed by atoms with van der Waals surface area (Å²) < 4.78 is 6.45. The number of nitrogens with zero attached hydrogens (tertiary/aromatic N) is 1. The molecule has 1 fully saturated rings. The Balaban J connectivity index is 0.00000288. The van der Waals surface area contributed by atoms with Gasteiger partial charge in [0.15, 0.2) is 0 Å². The number of halogens is 1. The van der Waals surface area contributed by atoms with E-state index in [4.69, 9.17) is 4.74 Å². The maximum atomic E-state index is 12.0. The molecule has 0 unspecified atom stereocenters. The number of carbonyl (C=O) groups excluding carboxylic acids is 1. The Morgan fingerprint density at radius 1 is 1.17 bits per heavy atom. The molecule has 0 radical (unpaired) electrons. The number of likely N-dealkylation sites (tertiary alicyclic amines) is 1. The van der Waals surface area contributed by atoms with Crippen molar-refractivity contribution in [2.75, 3.05) is 26.7 Å². The summed E-state index contributed by atoms with van der Waals surface area (Å²) in [7, 11) is 2.34. The van der Waals surface area contributed by atoms with Crippen molar-refractivity contribution in [3.63, 3.8) is 0 Å². The van der Waals surface area contributed by atoms with Gasteiger partial charge in [-0.2, -0.15) is 0 Å². The van der Waals surface area contributed by atoms with Gasteiger partial charge in [-0.05, 0) is 38.7 Å². The first kappa shape index (κ1) is 21.2. The molecule has 1 amide bonds. The molecule has 24 heavy (non-hydrogen) atoms. The predicted molar refractivity (Wildman–Crippen MR) is 93.1 cm³/mol. The van der Waals surface area contributed by atoms with E-state index in [1.165, 1.54) is 32.4 Å². The first-order valence-electron chi connectivity index (χ1n) is 8.71. The van der Waals surface area contributed by atoms with Crippen LogP contribution in [0, 0.1) is 0 Å². The molecule has 1 N–H and O–H groups in total. The summed E-state index contributed by atoms with van der Waals surface area (Å²) in [6.07, 6.45) is 4.64. The SMILES string of the molecule is CC(C)(CC[N+]1(C)CCCCC1)NC(=O)OCc1ccccc1.[I-]. The van der Waals surface area contributed by atoms with Crippen molar-refractivity contribution in [2.45, 2.75) is 51.7 Å². The van der Waals surface area contributed by atoms with Crippen molar-refractivity contribution >= 4 is 6.09 Å². The molecule has 1 aromatic carbocycles. The molecule has 0 saturated carbocycles. The van der Waals surface area contributed by atoms with Crippen LogP contribution in [-0.2, 0) is 11.3 Å².